The fourth-order valence-electron chi connectivity index (χ4n) is 2.82. The van der Waals surface area contributed by atoms with Crippen LogP contribution in [0, 0.1) is 6.92 Å². The van der Waals surface area contributed by atoms with E-state index in [1.54, 1.807) is 41.8 Å². The molecular formula is C16H18ClN3O2S. The van der Waals surface area contributed by atoms with Crippen molar-refractivity contribution in [1.82, 2.24) is 14.6 Å². The Balaban J connectivity index is 2.05. The highest BCUT2D eigenvalue weighted by Crippen LogP contribution is 2.31. The summed E-state index contributed by atoms with van der Waals surface area (Å²) in [6, 6.07) is 8.42. The van der Waals surface area contributed by atoms with Crippen molar-refractivity contribution in [2.75, 3.05) is 19.6 Å². The fourth-order valence-corrected chi connectivity index (χ4v) is 4.92. The van der Waals surface area contributed by atoms with Crippen LogP contribution in [0.1, 0.15) is 17.2 Å². The summed E-state index contributed by atoms with van der Waals surface area (Å²) in [5, 5.41) is 3.71. The lowest BCUT2D eigenvalue weighted by molar-refractivity contribution is 0.271. The van der Waals surface area contributed by atoms with Gasteiger partial charge in [0, 0.05) is 37.1 Å². The predicted octanol–water partition coefficient (Wildman–Crippen LogP) is 2.38. The average molecular weight is 352 g/mol. The molecule has 3 rings (SSSR count). The first-order chi connectivity index (χ1) is 11.0. The van der Waals surface area contributed by atoms with Gasteiger partial charge in [-0.2, -0.15) is 4.31 Å². The Morgan fingerprint density at radius 3 is 2.87 bits per heavy atom. The summed E-state index contributed by atoms with van der Waals surface area (Å²) < 4.78 is 27.9. The van der Waals surface area contributed by atoms with E-state index in [0.717, 1.165) is 5.56 Å². The number of halogens is 1. The van der Waals surface area contributed by atoms with E-state index in [1.807, 2.05) is 12.1 Å². The Morgan fingerprint density at radius 1 is 1.30 bits per heavy atom. The molecule has 23 heavy (non-hydrogen) atoms. The van der Waals surface area contributed by atoms with Crippen molar-refractivity contribution in [2.45, 2.75) is 17.9 Å². The monoisotopic (exact) mass is 351 g/mol. The summed E-state index contributed by atoms with van der Waals surface area (Å²) in [4.78, 5) is 4.38. The van der Waals surface area contributed by atoms with Crippen LogP contribution in [-0.2, 0) is 10.0 Å². The van der Waals surface area contributed by atoms with Crippen LogP contribution in [0.4, 0.5) is 0 Å². The van der Waals surface area contributed by atoms with Gasteiger partial charge in [-0.1, -0.05) is 23.7 Å². The van der Waals surface area contributed by atoms with Gasteiger partial charge in [-0.3, -0.25) is 4.98 Å². The number of nitrogens with zero attached hydrogens (tertiary/aromatic N) is 2. The Hall–Kier alpha value is -1.47. The molecule has 1 N–H and O–H groups in total. The van der Waals surface area contributed by atoms with Gasteiger partial charge in [0.25, 0.3) is 0 Å². The van der Waals surface area contributed by atoms with Gasteiger partial charge in [-0.05, 0) is 36.2 Å². The number of aromatic nitrogens is 1. The van der Waals surface area contributed by atoms with Crippen LogP contribution < -0.4 is 5.32 Å². The third kappa shape index (κ3) is 3.12. The van der Waals surface area contributed by atoms with Crippen LogP contribution in [0.3, 0.4) is 0 Å². The number of pyridine rings is 1. The van der Waals surface area contributed by atoms with Crippen LogP contribution in [-0.4, -0.2) is 37.3 Å². The maximum atomic E-state index is 13.2. The highest BCUT2D eigenvalue weighted by molar-refractivity contribution is 7.89. The fraction of sp³-hybridized carbons (Fsp3) is 0.312. The zero-order chi connectivity index (χ0) is 16.4. The molecule has 2 aromatic rings. The molecule has 0 bridgehead atoms. The molecule has 1 aromatic heterocycles. The van der Waals surface area contributed by atoms with Crippen molar-refractivity contribution in [3.05, 3.63) is 58.9 Å². The van der Waals surface area contributed by atoms with Crippen LogP contribution in [0.15, 0.2) is 47.6 Å². The molecule has 0 amide bonds. The first-order valence-corrected chi connectivity index (χ1v) is 9.21. The summed E-state index contributed by atoms with van der Waals surface area (Å²) >= 11 is 6.11. The number of sulfonamides is 1. The molecule has 122 valence electrons. The highest BCUT2D eigenvalue weighted by atomic mass is 35.5. The van der Waals surface area contributed by atoms with Crippen molar-refractivity contribution < 1.29 is 8.42 Å². The molecule has 5 nitrogen and oxygen atoms in total. The van der Waals surface area contributed by atoms with Crippen molar-refractivity contribution in [2.24, 2.45) is 0 Å². The van der Waals surface area contributed by atoms with Gasteiger partial charge < -0.3 is 5.32 Å². The Morgan fingerprint density at radius 2 is 2.13 bits per heavy atom. The van der Waals surface area contributed by atoms with E-state index in [2.05, 4.69) is 10.3 Å². The first kappa shape index (κ1) is 16.4. The molecule has 1 fully saturated rings. The largest absolute Gasteiger partial charge is 0.313 e. The molecule has 1 saturated heterocycles. The molecule has 0 spiro atoms. The SMILES string of the molecule is Cc1c(Cl)cccc1S(=O)(=O)N1CCNCC1c1cccnc1. The molecule has 1 aliphatic rings. The lowest BCUT2D eigenvalue weighted by atomic mass is 10.1. The number of rotatable bonds is 3. The normalized spacial score (nSPS) is 19.7. The summed E-state index contributed by atoms with van der Waals surface area (Å²) in [5.41, 5.74) is 1.46. The molecule has 2 heterocycles. The molecule has 1 aromatic carbocycles. The maximum absolute atomic E-state index is 13.2. The second kappa shape index (κ2) is 6.57. The quantitative estimate of drug-likeness (QED) is 0.922. The number of nitrogens with one attached hydrogen (secondary N) is 1. The van der Waals surface area contributed by atoms with Crippen molar-refractivity contribution in [1.29, 1.82) is 0 Å². The summed E-state index contributed by atoms with van der Waals surface area (Å²) in [6.45, 7) is 3.32. The number of hydrogen-bond donors (Lipinski definition) is 1. The zero-order valence-corrected chi connectivity index (χ0v) is 14.3. The molecule has 1 aliphatic heterocycles. The van der Waals surface area contributed by atoms with Crippen LogP contribution in [0.25, 0.3) is 0 Å². The number of hydrogen-bond acceptors (Lipinski definition) is 4. The summed E-state index contributed by atoms with van der Waals surface area (Å²) in [5.74, 6) is 0. The molecule has 0 aliphatic carbocycles. The molecule has 0 saturated carbocycles. The van der Waals surface area contributed by atoms with Gasteiger partial charge in [-0.15, -0.1) is 0 Å². The Kier molecular flexibility index (Phi) is 4.68. The minimum absolute atomic E-state index is 0.265. The Labute approximate surface area is 141 Å². The van der Waals surface area contributed by atoms with E-state index in [9.17, 15) is 8.42 Å². The van der Waals surface area contributed by atoms with Crippen molar-refractivity contribution in [3.8, 4) is 0 Å². The van der Waals surface area contributed by atoms with Gasteiger partial charge in [0.1, 0.15) is 0 Å². The van der Waals surface area contributed by atoms with Crippen molar-refractivity contribution in [3.63, 3.8) is 0 Å². The Bertz CT molecular complexity index is 796. The number of benzene rings is 1. The minimum Gasteiger partial charge on any atom is -0.313 e. The van der Waals surface area contributed by atoms with Crippen LogP contribution in [0.5, 0.6) is 0 Å². The molecule has 1 unspecified atom stereocenters. The third-order valence-corrected chi connectivity index (χ3v) is 6.53. The van der Waals surface area contributed by atoms with E-state index in [4.69, 9.17) is 11.6 Å². The predicted molar refractivity (Wildman–Crippen MR) is 89.9 cm³/mol. The summed E-state index contributed by atoms with van der Waals surface area (Å²) in [7, 11) is -3.63. The summed E-state index contributed by atoms with van der Waals surface area (Å²) in [6.07, 6.45) is 3.39. The first-order valence-electron chi connectivity index (χ1n) is 7.39. The zero-order valence-electron chi connectivity index (χ0n) is 12.7. The van der Waals surface area contributed by atoms with E-state index < -0.39 is 10.0 Å². The second-order valence-corrected chi connectivity index (χ2v) is 7.75. The minimum atomic E-state index is -3.63. The van der Waals surface area contributed by atoms with E-state index >= 15 is 0 Å². The number of piperazine rings is 1. The van der Waals surface area contributed by atoms with Crippen molar-refractivity contribution >= 4 is 21.6 Å². The van der Waals surface area contributed by atoms with E-state index in [1.165, 1.54) is 0 Å². The van der Waals surface area contributed by atoms with Gasteiger partial charge in [0.05, 0.1) is 10.9 Å². The third-order valence-electron chi connectivity index (χ3n) is 4.07. The van der Waals surface area contributed by atoms with Gasteiger partial charge in [0.15, 0.2) is 0 Å². The van der Waals surface area contributed by atoms with Gasteiger partial charge >= 0.3 is 0 Å². The van der Waals surface area contributed by atoms with E-state index in [-0.39, 0.29) is 10.9 Å². The molecule has 0 radical (unpaired) electrons. The molecule has 1 atom stereocenters. The smallest absolute Gasteiger partial charge is 0.244 e. The standard InChI is InChI=1S/C16H18ClN3O2S/c1-12-14(17)5-2-6-16(12)23(21,22)20-9-8-19-11-15(20)13-4-3-7-18-10-13/h2-7,10,15,19H,8-9,11H2,1H3. The van der Waals surface area contributed by atoms with Gasteiger partial charge in [-0.25, -0.2) is 8.42 Å². The highest BCUT2D eigenvalue weighted by Gasteiger charge is 2.35. The van der Waals surface area contributed by atoms with Crippen LogP contribution in [0.2, 0.25) is 5.02 Å². The van der Waals surface area contributed by atoms with Gasteiger partial charge in [0.2, 0.25) is 10.0 Å². The maximum Gasteiger partial charge on any atom is 0.244 e. The lowest BCUT2D eigenvalue weighted by Crippen LogP contribution is -2.48. The topological polar surface area (TPSA) is 62.3 Å². The van der Waals surface area contributed by atoms with E-state index in [0.29, 0.717) is 30.2 Å². The lowest BCUT2D eigenvalue weighted by Gasteiger charge is -2.35. The second-order valence-electron chi connectivity index (χ2n) is 5.49. The average Bonchev–Trinajstić information content (AvgIpc) is 2.58. The van der Waals surface area contributed by atoms with Crippen LogP contribution >= 0.6 is 11.6 Å². The molecule has 7 heteroatoms. The molecular weight excluding hydrogens is 334 g/mol.